The van der Waals surface area contributed by atoms with E-state index in [0.717, 1.165) is 12.1 Å². The first-order valence-corrected chi connectivity index (χ1v) is 11.9. The van der Waals surface area contributed by atoms with Gasteiger partial charge in [-0.15, -0.1) is 10.2 Å². The Morgan fingerprint density at radius 3 is 2.66 bits per heavy atom. The van der Waals surface area contributed by atoms with E-state index in [-0.39, 0.29) is 0 Å². The summed E-state index contributed by atoms with van der Waals surface area (Å²) in [6.45, 7) is 5.51. The Morgan fingerprint density at radius 1 is 1.22 bits per heavy atom. The smallest absolute Gasteiger partial charge is 0.436 e. The third-order valence-corrected chi connectivity index (χ3v) is 6.24. The second-order valence-corrected chi connectivity index (χ2v) is 8.80. The first-order chi connectivity index (χ1) is 15.4. The van der Waals surface area contributed by atoms with Crippen LogP contribution >= 0.6 is 35.0 Å². The van der Waals surface area contributed by atoms with E-state index in [4.69, 9.17) is 37.5 Å². The van der Waals surface area contributed by atoms with Gasteiger partial charge < -0.3 is 14.3 Å². The van der Waals surface area contributed by atoms with Crippen molar-refractivity contribution in [3.05, 3.63) is 34.1 Å². The molecule has 1 fully saturated rings. The largest absolute Gasteiger partial charge is 0.453 e. The molecule has 2 heterocycles. The predicted octanol–water partition coefficient (Wildman–Crippen LogP) is 3.48. The van der Waals surface area contributed by atoms with Crippen LogP contribution in [-0.2, 0) is 23.9 Å². The van der Waals surface area contributed by atoms with Gasteiger partial charge in [-0.25, -0.2) is 19.3 Å². The van der Waals surface area contributed by atoms with Crippen molar-refractivity contribution in [3.63, 3.8) is 0 Å². The number of hydrogen-bond donors (Lipinski definition) is 0. The number of hydrogen-bond acceptors (Lipinski definition) is 9. The van der Waals surface area contributed by atoms with Gasteiger partial charge in [0.25, 0.3) is 0 Å². The van der Waals surface area contributed by atoms with E-state index in [2.05, 4.69) is 10.1 Å². The topological polar surface area (TPSA) is 95.8 Å². The van der Waals surface area contributed by atoms with Gasteiger partial charge in [-0.1, -0.05) is 48.3 Å². The lowest BCUT2D eigenvalue weighted by Gasteiger charge is -2.24. The Bertz CT molecular complexity index is 952. The van der Waals surface area contributed by atoms with Crippen molar-refractivity contribution in [2.24, 2.45) is 0 Å². The van der Waals surface area contributed by atoms with Crippen LogP contribution in [0.3, 0.4) is 0 Å². The van der Waals surface area contributed by atoms with Crippen molar-refractivity contribution in [3.8, 4) is 5.69 Å². The molecular formula is C20H24Cl2N4O5S. The third kappa shape index (κ3) is 6.82. The van der Waals surface area contributed by atoms with Crippen LogP contribution in [0.2, 0.25) is 10.0 Å². The molecule has 2 aromatic rings. The monoisotopic (exact) mass is 502 g/mol. The van der Waals surface area contributed by atoms with Gasteiger partial charge in [-0.3, -0.25) is 0 Å². The van der Waals surface area contributed by atoms with Gasteiger partial charge in [-0.2, -0.15) is 0 Å². The Balaban J connectivity index is 1.57. The number of nitrogens with zero attached hydrogens (tertiary/aromatic N) is 4. The summed E-state index contributed by atoms with van der Waals surface area (Å²) >= 11 is 13.4. The molecule has 0 saturated carbocycles. The van der Waals surface area contributed by atoms with Gasteiger partial charge in [0, 0.05) is 5.75 Å². The molecule has 12 heteroatoms. The molecule has 1 aromatic heterocycles. The van der Waals surface area contributed by atoms with E-state index in [1.807, 2.05) is 13.8 Å². The van der Waals surface area contributed by atoms with Gasteiger partial charge in [0.2, 0.25) is 5.16 Å². The number of aromatic nitrogens is 3. The summed E-state index contributed by atoms with van der Waals surface area (Å²) in [5.41, 5.74) is 0.735. The molecule has 1 aliphatic heterocycles. The van der Waals surface area contributed by atoms with Crippen LogP contribution in [0.15, 0.2) is 23.4 Å². The maximum Gasteiger partial charge on any atom is 0.436 e. The van der Waals surface area contributed by atoms with Crippen molar-refractivity contribution < 1.29 is 23.9 Å². The standard InChI is InChI=1S/C20H24Cl2N4O5S/c1-3-4-15(30-18(27)19(28)31-25-7-9-29-10-8-25)12-32-20-23-13(2)26(24-20)14-5-6-16(21)17(22)11-14/h5-6,11,15H,3-4,7-10,12H2,1-2H3. The molecule has 32 heavy (non-hydrogen) atoms. The molecule has 9 nitrogen and oxygen atoms in total. The zero-order valence-corrected chi connectivity index (χ0v) is 20.1. The van der Waals surface area contributed by atoms with Crippen LogP contribution in [0.5, 0.6) is 0 Å². The predicted molar refractivity (Wildman–Crippen MR) is 120 cm³/mol. The highest BCUT2D eigenvalue weighted by Gasteiger charge is 2.26. The van der Waals surface area contributed by atoms with E-state index in [0.29, 0.717) is 59.5 Å². The number of carbonyl (C=O) groups is 2. The molecule has 0 bridgehead atoms. The summed E-state index contributed by atoms with van der Waals surface area (Å²) in [6, 6.07) is 5.20. The number of benzene rings is 1. The highest BCUT2D eigenvalue weighted by Crippen LogP contribution is 2.26. The normalized spacial score (nSPS) is 15.4. The zero-order chi connectivity index (χ0) is 23.1. The molecule has 174 valence electrons. The van der Waals surface area contributed by atoms with E-state index in [9.17, 15) is 9.59 Å². The molecule has 0 amide bonds. The molecular weight excluding hydrogens is 479 g/mol. The van der Waals surface area contributed by atoms with Crippen molar-refractivity contribution >= 4 is 46.9 Å². The average Bonchev–Trinajstić information content (AvgIpc) is 3.15. The molecule has 1 saturated heterocycles. The van der Waals surface area contributed by atoms with Gasteiger partial charge in [0.15, 0.2) is 0 Å². The quantitative estimate of drug-likeness (QED) is 0.305. The maximum atomic E-state index is 12.2. The van der Waals surface area contributed by atoms with E-state index >= 15 is 0 Å². The fourth-order valence-electron chi connectivity index (χ4n) is 2.95. The minimum Gasteiger partial charge on any atom is -0.453 e. The van der Waals surface area contributed by atoms with Crippen molar-refractivity contribution in [2.75, 3.05) is 32.1 Å². The first kappa shape index (κ1) is 24.8. The zero-order valence-electron chi connectivity index (χ0n) is 17.8. The summed E-state index contributed by atoms with van der Waals surface area (Å²) < 4.78 is 12.2. The average molecular weight is 503 g/mol. The van der Waals surface area contributed by atoms with Gasteiger partial charge in [-0.05, 0) is 31.5 Å². The Kier molecular flexibility index (Phi) is 9.18. The van der Waals surface area contributed by atoms with Crippen LogP contribution in [0.1, 0.15) is 25.6 Å². The highest BCUT2D eigenvalue weighted by molar-refractivity contribution is 7.99. The molecule has 0 N–H and O–H groups in total. The summed E-state index contributed by atoms with van der Waals surface area (Å²) in [5, 5.41) is 7.29. The van der Waals surface area contributed by atoms with Crippen LogP contribution in [0.4, 0.5) is 0 Å². The minimum absolute atomic E-state index is 0.398. The second-order valence-electron chi connectivity index (χ2n) is 7.00. The number of halogens is 2. The fraction of sp³-hybridized carbons (Fsp3) is 0.500. The van der Waals surface area contributed by atoms with Crippen LogP contribution in [0.25, 0.3) is 5.69 Å². The van der Waals surface area contributed by atoms with E-state index in [1.54, 1.807) is 22.9 Å². The van der Waals surface area contributed by atoms with Crippen molar-refractivity contribution in [1.29, 1.82) is 0 Å². The maximum absolute atomic E-state index is 12.2. The lowest BCUT2D eigenvalue weighted by Crippen LogP contribution is -2.40. The molecule has 0 radical (unpaired) electrons. The van der Waals surface area contributed by atoms with Gasteiger partial charge >= 0.3 is 11.9 Å². The number of rotatable bonds is 8. The van der Waals surface area contributed by atoms with Crippen LogP contribution < -0.4 is 0 Å². The number of morpholine rings is 1. The molecule has 3 rings (SSSR count). The van der Waals surface area contributed by atoms with E-state index < -0.39 is 18.0 Å². The van der Waals surface area contributed by atoms with Crippen molar-refractivity contribution in [1.82, 2.24) is 19.8 Å². The van der Waals surface area contributed by atoms with Gasteiger partial charge in [0.05, 0.1) is 42.0 Å². The molecule has 0 spiro atoms. The molecule has 0 aliphatic carbocycles. The Morgan fingerprint density at radius 2 is 1.97 bits per heavy atom. The lowest BCUT2D eigenvalue weighted by molar-refractivity contribution is -0.212. The fourth-order valence-corrected chi connectivity index (χ4v) is 4.14. The summed E-state index contributed by atoms with van der Waals surface area (Å²) in [6.07, 6.45) is 0.893. The lowest BCUT2D eigenvalue weighted by atomic mass is 10.2. The molecule has 1 unspecified atom stereocenters. The third-order valence-electron chi connectivity index (χ3n) is 4.53. The number of thioether (sulfide) groups is 1. The second kappa shape index (κ2) is 11.9. The number of ether oxygens (including phenoxy) is 2. The summed E-state index contributed by atoms with van der Waals surface area (Å²) in [5.74, 6) is -0.976. The highest BCUT2D eigenvalue weighted by atomic mass is 35.5. The Labute approximate surface area is 200 Å². The molecule has 1 aliphatic rings. The molecule has 1 aromatic carbocycles. The van der Waals surface area contributed by atoms with Crippen molar-refractivity contribution in [2.45, 2.75) is 37.9 Å². The summed E-state index contributed by atoms with van der Waals surface area (Å²) in [7, 11) is 0. The first-order valence-electron chi connectivity index (χ1n) is 10.1. The minimum atomic E-state index is -1.03. The molecule has 1 atom stereocenters. The van der Waals surface area contributed by atoms with E-state index in [1.165, 1.54) is 16.8 Å². The van der Waals surface area contributed by atoms with Crippen LogP contribution in [0, 0.1) is 6.92 Å². The Hall–Kier alpha value is -1.85. The van der Waals surface area contributed by atoms with Gasteiger partial charge in [0.1, 0.15) is 11.9 Å². The number of carbonyl (C=O) groups excluding carboxylic acids is 2. The number of esters is 1. The van der Waals surface area contributed by atoms with Crippen LogP contribution in [-0.4, -0.2) is 69.9 Å². The number of aryl methyl sites for hydroxylation is 1. The summed E-state index contributed by atoms with van der Waals surface area (Å²) in [4.78, 5) is 33.8. The number of hydroxylamine groups is 2. The SMILES string of the molecule is CCCC(CSc1nc(C)n(-c2ccc(Cl)c(Cl)c2)n1)OC(=O)C(=O)ON1CCOCC1.